The van der Waals surface area contributed by atoms with Crippen LogP contribution in [0.15, 0.2) is 29.1 Å². The normalized spacial score (nSPS) is 20.8. The van der Waals surface area contributed by atoms with E-state index in [9.17, 15) is 14.4 Å². The van der Waals surface area contributed by atoms with Crippen molar-refractivity contribution in [3.63, 3.8) is 0 Å². The van der Waals surface area contributed by atoms with Crippen LogP contribution < -0.4 is 0 Å². The molecule has 3 aliphatic rings. The number of ketones is 2. The molecule has 27 heavy (non-hydrogen) atoms. The second-order valence-corrected chi connectivity index (χ2v) is 7.62. The number of carbonyl (C=O) groups is 3. The molecule has 6 nitrogen and oxygen atoms in total. The Kier molecular flexibility index (Phi) is 4.27. The number of aromatic nitrogens is 1. The zero-order chi connectivity index (χ0) is 19.2. The Morgan fingerprint density at radius 2 is 1.93 bits per heavy atom. The summed E-state index contributed by atoms with van der Waals surface area (Å²) in [5.41, 5.74) is 0.763. The Morgan fingerprint density at radius 1 is 1.22 bits per heavy atom. The first-order valence-corrected chi connectivity index (χ1v) is 9.24. The molecule has 0 saturated carbocycles. The molecule has 0 radical (unpaired) electrons. The van der Waals surface area contributed by atoms with Gasteiger partial charge in [-0.15, -0.1) is 0 Å². The number of likely N-dealkylation sites (tertiary alicyclic amines) is 2. The van der Waals surface area contributed by atoms with Gasteiger partial charge in [0.05, 0.1) is 5.56 Å². The molecule has 138 valence electrons. The van der Waals surface area contributed by atoms with E-state index >= 15 is 0 Å². The van der Waals surface area contributed by atoms with Gasteiger partial charge in [0.25, 0.3) is 5.91 Å². The zero-order valence-electron chi connectivity index (χ0n) is 14.9. The molecule has 2 fully saturated rings. The van der Waals surface area contributed by atoms with Crippen LogP contribution in [0.25, 0.3) is 0 Å². The number of fused-ring (bicyclic) bond motifs is 1. The van der Waals surface area contributed by atoms with E-state index in [0.29, 0.717) is 31.7 Å². The lowest BCUT2D eigenvalue weighted by atomic mass is 9.71. The highest BCUT2D eigenvalue weighted by molar-refractivity contribution is 6.49. The molecule has 1 aromatic heterocycles. The van der Waals surface area contributed by atoms with Crippen molar-refractivity contribution in [2.24, 2.45) is 5.41 Å². The molecule has 0 bridgehead atoms. The van der Waals surface area contributed by atoms with E-state index in [1.165, 1.54) is 6.20 Å². The zero-order valence-corrected chi connectivity index (χ0v) is 15.7. The predicted octanol–water partition coefficient (Wildman–Crippen LogP) is 1.86. The molecule has 7 heteroatoms. The van der Waals surface area contributed by atoms with E-state index in [0.717, 1.165) is 12.8 Å². The third-order valence-corrected chi connectivity index (χ3v) is 5.95. The van der Waals surface area contributed by atoms with Gasteiger partial charge in [0.1, 0.15) is 16.4 Å². The SMILES string of the molecule is CC#CC(=O)N1CCC2(CC1)CN(C1=C(Cl)C(=O)c3ncccc3C1=O)C2. The smallest absolute Gasteiger partial charge is 0.298 e. The number of nitrogens with zero attached hydrogens (tertiary/aromatic N) is 3. The van der Waals surface area contributed by atoms with Gasteiger partial charge in [-0.1, -0.05) is 17.5 Å². The Bertz CT molecular complexity index is 941. The van der Waals surface area contributed by atoms with Crippen LogP contribution in [-0.4, -0.2) is 58.4 Å². The maximum atomic E-state index is 12.8. The fourth-order valence-electron chi connectivity index (χ4n) is 4.10. The molecule has 0 aromatic carbocycles. The molecule has 4 rings (SSSR count). The molecule has 3 heterocycles. The summed E-state index contributed by atoms with van der Waals surface area (Å²) in [4.78, 5) is 44.9. The number of pyridine rings is 1. The fraction of sp³-hybridized carbons (Fsp3) is 0.400. The summed E-state index contributed by atoms with van der Waals surface area (Å²) in [6.07, 6.45) is 3.19. The van der Waals surface area contributed by atoms with Gasteiger partial charge in [-0.3, -0.25) is 19.4 Å². The highest BCUT2D eigenvalue weighted by Gasteiger charge is 2.49. The second kappa shape index (κ2) is 6.50. The van der Waals surface area contributed by atoms with Crippen molar-refractivity contribution >= 4 is 29.1 Å². The second-order valence-electron chi connectivity index (χ2n) is 7.24. The number of rotatable bonds is 1. The monoisotopic (exact) mass is 383 g/mol. The van der Waals surface area contributed by atoms with Crippen LogP contribution >= 0.6 is 11.6 Å². The minimum Gasteiger partial charge on any atom is -0.366 e. The van der Waals surface area contributed by atoms with E-state index in [2.05, 4.69) is 16.8 Å². The van der Waals surface area contributed by atoms with E-state index in [1.807, 2.05) is 4.90 Å². The number of halogens is 1. The van der Waals surface area contributed by atoms with Crippen LogP contribution in [0.5, 0.6) is 0 Å². The molecule has 0 N–H and O–H groups in total. The Hall–Kier alpha value is -2.65. The summed E-state index contributed by atoms with van der Waals surface area (Å²) in [5.74, 6) is 4.44. The Labute approximate surface area is 162 Å². The van der Waals surface area contributed by atoms with Gasteiger partial charge in [0, 0.05) is 37.8 Å². The number of hydrogen-bond acceptors (Lipinski definition) is 5. The van der Waals surface area contributed by atoms with Crippen molar-refractivity contribution < 1.29 is 14.4 Å². The molecule has 2 saturated heterocycles. The quantitative estimate of drug-likeness (QED) is 0.692. The number of Topliss-reactive ketones (excluding diaryl/α,β-unsaturated/α-hetero) is 2. The number of carbonyl (C=O) groups excluding carboxylic acids is 3. The third-order valence-electron chi connectivity index (χ3n) is 5.60. The number of amides is 1. The number of hydrogen-bond donors (Lipinski definition) is 0. The molecule has 1 aromatic rings. The van der Waals surface area contributed by atoms with E-state index < -0.39 is 5.78 Å². The lowest BCUT2D eigenvalue weighted by Crippen LogP contribution is -2.61. The summed E-state index contributed by atoms with van der Waals surface area (Å²) in [6.45, 7) is 4.30. The number of allylic oxidation sites excluding steroid dienone is 2. The van der Waals surface area contributed by atoms with Crippen molar-refractivity contribution in [3.05, 3.63) is 40.3 Å². The van der Waals surface area contributed by atoms with Crippen molar-refractivity contribution in [2.75, 3.05) is 26.2 Å². The molecule has 1 aliphatic carbocycles. The highest BCUT2D eigenvalue weighted by atomic mass is 35.5. The minimum absolute atomic E-state index is 0.0492. The topological polar surface area (TPSA) is 70.6 Å². The van der Waals surface area contributed by atoms with Crippen molar-refractivity contribution in [1.82, 2.24) is 14.8 Å². The van der Waals surface area contributed by atoms with Gasteiger partial charge >= 0.3 is 0 Å². The minimum atomic E-state index is -0.402. The lowest BCUT2D eigenvalue weighted by Gasteiger charge is -2.55. The summed E-state index contributed by atoms with van der Waals surface area (Å²) in [5, 5.41) is -0.0492. The molecule has 0 atom stereocenters. The lowest BCUT2D eigenvalue weighted by molar-refractivity contribution is -0.129. The summed E-state index contributed by atoms with van der Waals surface area (Å²) >= 11 is 6.25. The first-order valence-electron chi connectivity index (χ1n) is 8.86. The molecule has 1 amide bonds. The van der Waals surface area contributed by atoms with Crippen LogP contribution in [0.2, 0.25) is 0 Å². The van der Waals surface area contributed by atoms with Gasteiger partial charge in [0.2, 0.25) is 11.6 Å². The molecular formula is C20H18ClN3O3. The number of piperidine rings is 1. The molecule has 2 aliphatic heterocycles. The Balaban J connectivity index is 1.48. The maximum absolute atomic E-state index is 12.8. The standard InChI is InChI=1S/C20H18ClN3O3/c1-2-4-14(25)23-9-6-20(7-10-23)11-24(12-20)17-15(21)19(27)16-13(18(17)26)5-3-8-22-16/h3,5,8H,6-7,9-12H2,1H3. The van der Waals surface area contributed by atoms with Crippen molar-refractivity contribution in [2.45, 2.75) is 19.8 Å². The van der Waals surface area contributed by atoms with Crippen LogP contribution in [0.4, 0.5) is 0 Å². The fourth-order valence-corrected chi connectivity index (χ4v) is 4.39. The molecular weight excluding hydrogens is 366 g/mol. The summed E-state index contributed by atoms with van der Waals surface area (Å²) in [6, 6.07) is 3.25. The molecule has 0 unspecified atom stereocenters. The van der Waals surface area contributed by atoms with Crippen molar-refractivity contribution in [1.29, 1.82) is 0 Å². The highest BCUT2D eigenvalue weighted by Crippen LogP contribution is 2.44. The first kappa shape index (κ1) is 17.7. The van der Waals surface area contributed by atoms with Gasteiger partial charge < -0.3 is 9.80 Å². The van der Waals surface area contributed by atoms with Gasteiger partial charge in [-0.05, 0) is 37.8 Å². The maximum Gasteiger partial charge on any atom is 0.298 e. The van der Waals surface area contributed by atoms with Gasteiger partial charge in [0.15, 0.2) is 0 Å². The van der Waals surface area contributed by atoms with Gasteiger partial charge in [-0.2, -0.15) is 0 Å². The average Bonchev–Trinajstić information content (AvgIpc) is 2.65. The first-order chi connectivity index (χ1) is 13.0. The summed E-state index contributed by atoms with van der Waals surface area (Å²) < 4.78 is 0. The van der Waals surface area contributed by atoms with E-state index in [4.69, 9.17) is 11.6 Å². The Morgan fingerprint density at radius 3 is 2.59 bits per heavy atom. The van der Waals surface area contributed by atoms with Crippen LogP contribution in [-0.2, 0) is 4.79 Å². The molecule has 1 spiro atoms. The summed E-state index contributed by atoms with van der Waals surface area (Å²) in [7, 11) is 0. The van der Waals surface area contributed by atoms with Crippen LogP contribution in [0, 0.1) is 17.3 Å². The van der Waals surface area contributed by atoms with Crippen LogP contribution in [0.1, 0.15) is 40.6 Å². The largest absolute Gasteiger partial charge is 0.366 e. The van der Waals surface area contributed by atoms with Crippen LogP contribution in [0.3, 0.4) is 0 Å². The average molecular weight is 384 g/mol. The predicted molar refractivity (Wildman–Crippen MR) is 99.0 cm³/mol. The third kappa shape index (κ3) is 2.83. The van der Waals surface area contributed by atoms with Gasteiger partial charge in [-0.25, -0.2) is 0 Å². The van der Waals surface area contributed by atoms with Crippen molar-refractivity contribution in [3.8, 4) is 11.8 Å². The van der Waals surface area contributed by atoms with E-state index in [-0.39, 0.29) is 33.5 Å². The van der Waals surface area contributed by atoms with E-state index in [1.54, 1.807) is 24.0 Å².